The van der Waals surface area contributed by atoms with E-state index in [1.165, 1.54) is 0 Å². The normalized spacial score (nSPS) is 10.4. The van der Waals surface area contributed by atoms with Crippen LogP contribution in [0.4, 0.5) is 11.5 Å². The Morgan fingerprint density at radius 1 is 1.22 bits per heavy atom. The Labute approximate surface area is 147 Å². The number of halogens is 3. The average Bonchev–Trinajstić information content (AvgIpc) is 2.48. The van der Waals surface area contributed by atoms with Gasteiger partial charge in [0.25, 0.3) is 0 Å². The van der Waals surface area contributed by atoms with Crippen LogP contribution in [0.15, 0.2) is 24.3 Å². The predicted molar refractivity (Wildman–Crippen MR) is 89.3 cm³/mol. The molecule has 1 heterocycles. The van der Waals surface area contributed by atoms with Gasteiger partial charge in [-0.1, -0.05) is 34.8 Å². The zero-order chi connectivity index (χ0) is 17.0. The molecule has 23 heavy (non-hydrogen) atoms. The Hall–Kier alpha value is -1.76. The smallest absolute Gasteiger partial charge is 0.319 e. The monoisotopic (exact) mass is 375 g/mol. The summed E-state index contributed by atoms with van der Waals surface area (Å²) in [6.07, 6.45) is -0.159. The maximum Gasteiger partial charge on any atom is 0.319 e. The van der Waals surface area contributed by atoms with Gasteiger partial charge in [-0.15, -0.1) is 0 Å². The van der Waals surface area contributed by atoms with Crippen LogP contribution in [-0.2, 0) is 4.79 Å². The number of benzene rings is 1. The first-order valence-electron chi connectivity index (χ1n) is 6.45. The molecule has 1 N–H and O–H groups in total. The van der Waals surface area contributed by atoms with E-state index in [1.54, 1.807) is 36.2 Å². The van der Waals surface area contributed by atoms with E-state index in [0.717, 1.165) is 5.69 Å². The Balaban J connectivity index is 2.22. The molecule has 1 aromatic heterocycles. The first kappa shape index (κ1) is 17.6. The summed E-state index contributed by atoms with van der Waals surface area (Å²) in [5, 5.41) is 9.64. The summed E-state index contributed by atoms with van der Waals surface area (Å²) in [7, 11) is 1.76. The van der Waals surface area contributed by atoms with Crippen LogP contribution in [0.3, 0.4) is 0 Å². The third-order valence-electron chi connectivity index (χ3n) is 2.84. The van der Waals surface area contributed by atoms with Crippen molar-refractivity contribution in [3.05, 3.63) is 39.5 Å². The maximum absolute atomic E-state index is 10.5. The lowest BCUT2D eigenvalue weighted by Gasteiger charge is -2.19. The summed E-state index contributed by atoms with van der Waals surface area (Å²) in [6, 6.07) is 6.68. The van der Waals surface area contributed by atoms with E-state index in [2.05, 4.69) is 9.97 Å². The summed E-state index contributed by atoms with van der Waals surface area (Å²) in [6.45, 7) is -0.0500. The van der Waals surface area contributed by atoms with Crippen molar-refractivity contribution < 1.29 is 14.6 Å². The van der Waals surface area contributed by atoms with Gasteiger partial charge in [0.2, 0.25) is 0 Å². The van der Waals surface area contributed by atoms with Crippen LogP contribution in [0.5, 0.6) is 6.01 Å². The molecule has 122 valence electrons. The predicted octanol–water partition coefficient (Wildman–Crippen LogP) is 4.06. The molecule has 2 rings (SSSR count). The number of ether oxygens (including phenoxy) is 1. The molecule has 0 aliphatic rings. The molecule has 0 saturated heterocycles. The van der Waals surface area contributed by atoms with Gasteiger partial charge in [-0.3, -0.25) is 4.79 Å². The van der Waals surface area contributed by atoms with E-state index < -0.39 is 5.97 Å². The van der Waals surface area contributed by atoms with E-state index in [-0.39, 0.29) is 24.2 Å². The summed E-state index contributed by atoms with van der Waals surface area (Å²) in [4.78, 5) is 20.3. The molecule has 1 aromatic carbocycles. The number of carboxylic acids is 1. The van der Waals surface area contributed by atoms with E-state index in [0.29, 0.717) is 15.9 Å². The number of hydrogen-bond acceptors (Lipinski definition) is 5. The second-order valence-electron chi connectivity index (χ2n) is 4.48. The Kier molecular flexibility index (Phi) is 5.87. The van der Waals surface area contributed by atoms with Crippen molar-refractivity contribution in [3.63, 3.8) is 0 Å². The molecule has 0 spiro atoms. The molecule has 0 aliphatic heterocycles. The fourth-order valence-electron chi connectivity index (χ4n) is 1.68. The number of nitrogens with zero attached hydrogens (tertiary/aromatic N) is 3. The number of carboxylic acid groups (broad SMARTS) is 1. The van der Waals surface area contributed by atoms with Crippen molar-refractivity contribution in [2.45, 2.75) is 6.42 Å². The van der Waals surface area contributed by atoms with Crippen LogP contribution in [-0.4, -0.2) is 34.7 Å². The van der Waals surface area contributed by atoms with Gasteiger partial charge in [0.05, 0.1) is 16.5 Å². The molecule has 0 aliphatic carbocycles. The number of rotatable bonds is 6. The average molecular weight is 377 g/mol. The molecule has 6 nitrogen and oxygen atoms in total. The van der Waals surface area contributed by atoms with Crippen molar-refractivity contribution in [1.29, 1.82) is 0 Å². The largest absolute Gasteiger partial charge is 0.481 e. The molecule has 9 heteroatoms. The van der Waals surface area contributed by atoms with Crippen molar-refractivity contribution >= 4 is 52.3 Å². The van der Waals surface area contributed by atoms with Gasteiger partial charge in [-0.2, -0.15) is 9.97 Å². The molecular formula is C14H12Cl3N3O3. The molecule has 0 unspecified atom stereocenters. The summed E-state index contributed by atoms with van der Waals surface area (Å²) in [5.74, 6) is -0.506. The van der Waals surface area contributed by atoms with Crippen LogP contribution >= 0.6 is 34.8 Å². The van der Waals surface area contributed by atoms with E-state index >= 15 is 0 Å². The lowest BCUT2D eigenvalue weighted by molar-refractivity contribution is -0.137. The molecule has 0 radical (unpaired) electrons. The highest BCUT2D eigenvalue weighted by molar-refractivity contribution is 6.42. The van der Waals surface area contributed by atoms with E-state index in [9.17, 15) is 4.79 Å². The lowest BCUT2D eigenvalue weighted by Crippen LogP contribution is -2.13. The third-order valence-corrected chi connectivity index (χ3v) is 3.77. The highest BCUT2D eigenvalue weighted by Gasteiger charge is 2.12. The minimum atomic E-state index is -0.972. The summed E-state index contributed by atoms with van der Waals surface area (Å²) in [5.41, 5.74) is 0.741. The van der Waals surface area contributed by atoms with Crippen LogP contribution < -0.4 is 9.64 Å². The van der Waals surface area contributed by atoms with Crippen LogP contribution in [0.2, 0.25) is 15.2 Å². The molecule has 0 amide bonds. The summed E-state index contributed by atoms with van der Waals surface area (Å²) < 4.78 is 5.21. The molecule has 0 fully saturated rings. The Morgan fingerprint density at radius 2 is 1.96 bits per heavy atom. The maximum atomic E-state index is 10.5. The molecule has 0 bridgehead atoms. The first-order valence-corrected chi connectivity index (χ1v) is 7.58. The van der Waals surface area contributed by atoms with Crippen molar-refractivity contribution in [3.8, 4) is 6.01 Å². The zero-order valence-corrected chi connectivity index (χ0v) is 14.2. The van der Waals surface area contributed by atoms with E-state index in [4.69, 9.17) is 44.6 Å². The minimum absolute atomic E-state index is 0.000612. The Morgan fingerprint density at radius 3 is 2.61 bits per heavy atom. The van der Waals surface area contributed by atoms with Crippen molar-refractivity contribution in [2.24, 2.45) is 0 Å². The lowest BCUT2D eigenvalue weighted by atomic mass is 10.3. The number of anilines is 2. The Bertz CT molecular complexity index is 728. The van der Waals surface area contributed by atoms with Gasteiger partial charge < -0.3 is 14.7 Å². The number of aromatic nitrogens is 2. The molecule has 0 saturated carbocycles. The highest BCUT2D eigenvalue weighted by Crippen LogP contribution is 2.30. The van der Waals surface area contributed by atoms with E-state index in [1.807, 2.05) is 0 Å². The van der Waals surface area contributed by atoms with Crippen LogP contribution in [0, 0.1) is 0 Å². The SMILES string of the molecule is CN(c1ccc(Cl)c(Cl)c1)c1cc(Cl)nc(OCCC(=O)O)n1. The first-order chi connectivity index (χ1) is 10.9. The fraction of sp³-hybridized carbons (Fsp3) is 0.214. The number of carbonyl (C=O) groups is 1. The number of aliphatic carboxylic acids is 1. The molecular weight excluding hydrogens is 365 g/mol. The van der Waals surface area contributed by atoms with Crippen LogP contribution in [0.1, 0.15) is 6.42 Å². The van der Waals surface area contributed by atoms with Crippen molar-refractivity contribution in [1.82, 2.24) is 9.97 Å². The molecule has 0 atom stereocenters. The minimum Gasteiger partial charge on any atom is -0.481 e. The van der Waals surface area contributed by atoms with Crippen LogP contribution in [0.25, 0.3) is 0 Å². The van der Waals surface area contributed by atoms with Gasteiger partial charge in [0.15, 0.2) is 0 Å². The van der Waals surface area contributed by atoms with Gasteiger partial charge in [0.1, 0.15) is 17.6 Å². The number of hydrogen-bond donors (Lipinski definition) is 1. The fourth-order valence-corrected chi connectivity index (χ4v) is 2.14. The van der Waals surface area contributed by atoms with Crippen molar-refractivity contribution in [2.75, 3.05) is 18.6 Å². The van der Waals surface area contributed by atoms with Gasteiger partial charge >= 0.3 is 12.0 Å². The third kappa shape index (κ3) is 4.86. The quantitative estimate of drug-likeness (QED) is 0.766. The second kappa shape index (κ2) is 7.68. The van der Waals surface area contributed by atoms with Gasteiger partial charge in [-0.25, -0.2) is 0 Å². The molecule has 2 aromatic rings. The standard InChI is InChI=1S/C14H12Cl3N3O3/c1-20(8-2-3-9(15)10(16)6-8)12-7-11(17)18-14(19-12)23-5-4-13(21)22/h2-3,6-7H,4-5H2,1H3,(H,21,22). The van der Waals surface area contributed by atoms with Gasteiger partial charge in [-0.05, 0) is 18.2 Å². The second-order valence-corrected chi connectivity index (χ2v) is 5.68. The highest BCUT2D eigenvalue weighted by atomic mass is 35.5. The zero-order valence-electron chi connectivity index (χ0n) is 12.0. The van der Waals surface area contributed by atoms with Gasteiger partial charge in [0, 0.05) is 18.8 Å². The summed E-state index contributed by atoms with van der Waals surface area (Å²) >= 11 is 17.9. The topological polar surface area (TPSA) is 75.6 Å².